The number of nitrogens with zero attached hydrogens (tertiary/aromatic N) is 1. The van der Waals surface area contributed by atoms with E-state index < -0.39 is 0 Å². The van der Waals surface area contributed by atoms with E-state index in [9.17, 15) is 9.59 Å². The van der Waals surface area contributed by atoms with Gasteiger partial charge in [0, 0.05) is 37.3 Å². The molecule has 3 N–H and O–H groups in total. The fourth-order valence-corrected chi connectivity index (χ4v) is 2.08. The standard InChI is InChI=1S/C13H18N4O2/c1-8-5-9(6-11(14-2)16-8)13(19)15-7-10-3-4-12(18)17-10/h5-6,10H,3-4,7H2,1-2H3,(H,14,16)(H,15,19)(H,17,18). The fraction of sp³-hybridized carbons (Fsp3) is 0.462. The summed E-state index contributed by atoms with van der Waals surface area (Å²) in [7, 11) is 1.76. The molecule has 2 heterocycles. The number of carbonyl (C=O) groups excluding carboxylic acids is 2. The third kappa shape index (κ3) is 3.43. The van der Waals surface area contributed by atoms with Gasteiger partial charge in [-0.1, -0.05) is 0 Å². The highest BCUT2D eigenvalue weighted by Gasteiger charge is 2.21. The first-order valence-electron chi connectivity index (χ1n) is 6.32. The van der Waals surface area contributed by atoms with E-state index in [0.717, 1.165) is 12.1 Å². The minimum absolute atomic E-state index is 0.0446. The molecule has 1 fully saturated rings. The maximum atomic E-state index is 12.0. The van der Waals surface area contributed by atoms with Crippen LogP contribution in [0.1, 0.15) is 28.9 Å². The predicted octanol–water partition coefficient (Wildman–Crippen LogP) is 0.440. The van der Waals surface area contributed by atoms with E-state index in [0.29, 0.717) is 24.3 Å². The van der Waals surface area contributed by atoms with Crippen LogP contribution in [0.2, 0.25) is 0 Å². The van der Waals surface area contributed by atoms with Crippen molar-refractivity contribution in [3.05, 3.63) is 23.4 Å². The summed E-state index contributed by atoms with van der Waals surface area (Å²) in [5.41, 5.74) is 1.35. The summed E-state index contributed by atoms with van der Waals surface area (Å²) in [6, 6.07) is 3.49. The van der Waals surface area contributed by atoms with Crippen molar-refractivity contribution in [1.82, 2.24) is 15.6 Å². The fourth-order valence-electron chi connectivity index (χ4n) is 2.08. The first-order valence-corrected chi connectivity index (χ1v) is 6.32. The Bertz CT molecular complexity index is 501. The molecule has 102 valence electrons. The van der Waals surface area contributed by atoms with Gasteiger partial charge in [-0.2, -0.15) is 0 Å². The quantitative estimate of drug-likeness (QED) is 0.735. The van der Waals surface area contributed by atoms with Crippen molar-refractivity contribution < 1.29 is 9.59 Å². The third-order valence-corrected chi connectivity index (χ3v) is 3.07. The van der Waals surface area contributed by atoms with Crippen molar-refractivity contribution in [3.8, 4) is 0 Å². The minimum atomic E-state index is -0.150. The highest BCUT2D eigenvalue weighted by Crippen LogP contribution is 2.10. The predicted molar refractivity (Wildman–Crippen MR) is 72.0 cm³/mol. The van der Waals surface area contributed by atoms with Crippen molar-refractivity contribution in [2.75, 3.05) is 18.9 Å². The second kappa shape index (κ2) is 5.69. The smallest absolute Gasteiger partial charge is 0.251 e. The highest BCUT2D eigenvalue weighted by molar-refractivity contribution is 5.95. The van der Waals surface area contributed by atoms with E-state index in [1.807, 2.05) is 6.92 Å². The molecule has 6 heteroatoms. The Kier molecular flexibility index (Phi) is 3.99. The second-order valence-corrected chi connectivity index (χ2v) is 4.65. The molecule has 0 bridgehead atoms. The maximum absolute atomic E-state index is 12.0. The molecule has 2 amide bonds. The van der Waals surface area contributed by atoms with Gasteiger partial charge in [-0.15, -0.1) is 0 Å². The van der Waals surface area contributed by atoms with Gasteiger partial charge in [0.05, 0.1) is 0 Å². The minimum Gasteiger partial charge on any atom is -0.373 e. The largest absolute Gasteiger partial charge is 0.373 e. The summed E-state index contributed by atoms with van der Waals surface area (Å²) >= 11 is 0. The molecule has 1 aromatic rings. The van der Waals surface area contributed by atoms with Crippen LogP contribution >= 0.6 is 0 Å². The summed E-state index contributed by atoms with van der Waals surface area (Å²) in [5, 5.41) is 8.56. The molecule has 0 radical (unpaired) electrons. The van der Waals surface area contributed by atoms with Crippen molar-refractivity contribution in [2.45, 2.75) is 25.8 Å². The van der Waals surface area contributed by atoms with Gasteiger partial charge in [-0.05, 0) is 25.5 Å². The number of hydrogen-bond acceptors (Lipinski definition) is 4. The van der Waals surface area contributed by atoms with Gasteiger partial charge in [0.2, 0.25) is 5.91 Å². The van der Waals surface area contributed by atoms with Crippen LogP contribution in [0, 0.1) is 6.92 Å². The van der Waals surface area contributed by atoms with Crippen LogP contribution in [0.25, 0.3) is 0 Å². The lowest BCUT2D eigenvalue weighted by molar-refractivity contribution is -0.119. The molecule has 1 aliphatic rings. The van der Waals surface area contributed by atoms with Gasteiger partial charge < -0.3 is 16.0 Å². The monoisotopic (exact) mass is 262 g/mol. The lowest BCUT2D eigenvalue weighted by Crippen LogP contribution is -2.38. The zero-order chi connectivity index (χ0) is 13.8. The molecule has 1 atom stereocenters. The summed E-state index contributed by atoms with van der Waals surface area (Å²) in [5.74, 6) is 0.568. The van der Waals surface area contributed by atoms with E-state index in [4.69, 9.17) is 0 Å². The molecule has 1 aromatic heterocycles. The topological polar surface area (TPSA) is 83.1 Å². The summed E-state index contributed by atoms with van der Waals surface area (Å²) in [4.78, 5) is 27.3. The van der Waals surface area contributed by atoms with Gasteiger partial charge in [-0.3, -0.25) is 9.59 Å². The summed E-state index contributed by atoms with van der Waals surface area (Å²) in [6.07, 6.45) is 1.31. The number of amides is 2. The van der Waals surface area contributed by atoms with E-state index in [1.54, 1.807) is 19.2 Å². The normalized spacial score (nSPS) is 18.0. The van der Waals surface area contributed by atoms with Gasteiger partial charge >= 0.3 is 0 Å². The molecule has 0 spiro atoms. The average molecular weight is 262 g/mol. The molecular formula is C13H18N4O2. The lowest BCUT2D eigenvalue weighted by atomic mass is 10.2. The molecule has 19 heavy (non-hydrogen) atoms. The number of aromatic nitrogens is 1. The number of rotatable bonds is 4. The molecule has 1 unspecified atom stereocenters. The van der Waals surface area contributed by atoms with Crippen LogP contribution in [-0.4, -0.2) is 36.4 Å². The molecule has 0 aromatic carbocycles. The molecule has 1 aliphatic heterocycles. The zero-order valence-corrected chi connectivity index (χ0v) is 11.1. The van der Waals surface area contributed by atoms with Crippen molar-refractivity contribution >= 4 is 17.6 Å². The lowest BCUT2D eigenvalue weighted by Gasteiger charge is -2.12. The maximum Gasteiger partial charge on any atom is 0.251 e. The summed E-state index contributed by atoms with van der Waals surface area (Å²) < 4.78 is 0. The van der Waals surface area contributed by atoms with Crippen molar-refractivity contribution in [1.29, 1.82) is 0 Å². The number of aryl methyl sites for hydroxylation is 1. The summed E-state index contributed by atoms with van der Waals surface area (Å²) in [6.45, 7) is 2.30. The van der Waals surface area contributed by atoms with E-state index in [-0.39, 0.29) is 17.9 Å². The van der Waals surface area contributed by atoms with Crippen LogP contribution < -0.4 is 16.0 Å². The van der Waals surface area contributed by atoms with E-state index in [2.05, 4.69) is 20.9 Å². The van der Waals surface area contributed by atoms with Gasteiger partial charge in [0.25, 0.3) is 5.91 Å². The van der Waals surface area contributed by atoms with Gasteiger partial charge in [0.15, 0.2) is 0 Å². The van der Waals surface area contributed by atoms with E-state index in [1.165, 1.54) is 0 Å². The molecule has 0 aliphatic carbocycles. The number of nitrogens with one attached hydrogen (secondary N) is 3. The van der Waals surface area contributed by atoms with E-state index >= 15 is 0 Å². The van der Waals surface area contributed by atoms with Crippen LogP contribution in [0.3, 0.4) is 0 Å². The number of anilines is 1. The molecular weight excluding hydrogens is 244 g/mol. The number of carbonyl (C=O) groups is 2. The Labute approximate surface area is 112 Å². The second-order valence-electron chi connectivity index (χ2n) is 4.65. The molecule has 0 saturated carbocycles. The molecule has 1 saturated heterocycles. The third-order valence-electron chi connectivity index (χ3n) is 3.07. The number of pyridine rings is 1. The first-order chi connectivity index (χ1) is 9.08. The highest BCUT2D eigenvalue weighted by atomic mass is 16.2. The van der Waals surface area contributed by atoms with Crippen LogP contribution in [0.4, 0.5) is 5.82 Å². The van der Waals surface area contributed by atoms with Gasteiger partial charge in [-0.25, -0.2) is 4.98 Å². The Morgan fingerprint density at radius 1 is 1.53 bits per heavy atom. The first kappa shape index (κ1) is 13.3. The zero-order valence-electron chi connectivity index (χ0n) is 11.1. The Balaban J connectivity index is 1.96. The SMILES string of the molecule is CNc1cc(C(=O)NCC2CCC(=O)N2)cc(C)n1. The van der Waals surface area contributed by atoms with Crippen molar-refractivity contribution in [2.24, 2.45) is 0 Å². The van der Waals surface area contributed by atoms with Crippen molar-refractivity contribution in [3.63, 3.8) is 0 Å². The van der Waals surface area contributed by atoms with Crippen LogP contribution in [0.5, 0.6) is 0 Å². The van der Waals surface area contributed by atoms with Crippen LogP contribution in [0.15, 0.2) is 12.1 Å². The molecule has 6 nitrogen and oxygen atoms in total. The van der Waals surface area contributed by atoms with Crippen LogP contribution in [-0.2, 0) is 4.79 Å². The van der Waals surface area contributed by atoms with Gasteiger partial charge in [0.1, 0.15) is 5.82 Å². The Morgan fingerprint density at radius 2 is 2.32 bits per heavy atom. The molecule has 2 rings (SSSR count). The average Bonchev–Trinajstić information content (AvgIpc) is 2.81. The Hall–Kier alpha value is -2.11. The number of hydrogen-bond donors (Lipinski definition) is 3. The Morgan fingerprint density at radius 3 is 2.95 bits per heavy atom.